The number of phenolic OH excluding ortho intramolecular Hbond substituents is 1. The van der Waals surface area contributed by atoms with E-state index in [0.717, 1.165) is 3.57 Å². The molecule has 19 heavy (non-hydrogen) atoms. The van der Waals surface area contributed by atoms with Crippen LogP contribution in [0.3, 0.4) is 0 Å². The maximum Gasteiger partial charge on any atom is 0.259 e. The first-order valence-corrected chi connectivity index (χ1v) is 6.63. The lowest BCUT2D eigenvalue weighted by Crippen LogP contribution is -2.13. The van der Waals surface area contributed by atoms with Crippen LogP contribution in [0, 0.1) is 3.57 Å². The van der Waals surface area contributed by atoms with E-state index in [4.69, 9.17) is 4.74 Å². The Hall–Kier alpha value is -1.76. The lowest BCUT2D eigenvalue weighted by molar-refractivity contribution is 0.102. The van der Waals surface area contributed by atoms with E-state index in [1.807, 2.05) is 18.2 Å². The summed E-state index contributed by atoms with van der Waals surface area (Å²) in [5.41, 5.74) is 0.884. The van der Waals surface area contributed by atoms with Crippen molar-refractivity contribution in [3.63, 3.8) is 0 Å². The first kappa shape index (κ1) is 13.7. The predicted octanol–water partition coefficient (Wildman–Crippen LogP) is 3.26. The number of amides is 1. The lowest BCUT2D eigenvalue weighted by atomic mass is 10.1. The molecule has 0 aliphatic carbocycles. The Bertz CT molecular complexity index is 613. The Morgan fingerprint density at radius 2 is 1.95 bits per heavy atom. The lowest BCUT2D eigenvalue weighted by Gasteiger charge is -2.10. The molecule has 0 saturated heterocycles. The zero-order valence-electron chi connectivity index (χ0n) is 10.2. The summed E-state index contributed by atoms with van der Waals surface area (Å²) in [6, 6.07) is 12.2. The van der Waals surface area contributed by atoms with Crippen LogP contribution in [0.5, 0.6) is 11.5 Å². The molecule has 98 valence electrons. The Labute approximate surface area is 124 Å². The molecule has 0 atom stereocenters. The van der Waals surface area contributed by atoms with Crippen LogP contribution < -0.4 is 10.1 Å². The maximum atomic E-state index is 12.1. The second kappa shape index (κ2) is 5.92. The third-order valence-electron chi connectivity index (χ3n) is 2.59. The normalized spacial score (nSPS) is 10.0. The molecule has 0 unspecified atom stereocenters. The summed E-state index contributed by atoms with van der Waals surface area (Å²) in [6.45, 7) is 0. The Morgan fingerprint density at radius 1 is 1.21 bits per heavy atom. The van der Waals surface area contributed by atoms with Crippen LogP contribution in [0.2, 0.25) is 0 Å². The number of para-hydroxylation sites is 2. The topological polar surface area (TPSA) is 58.6 Å². The molecule has 0 aromatic heterocycles. The van der Waals surface area contributed by atoms with Gasteiger partial charge in [0.15, 0.2) is 11.5 Å². The molecule has 0 aliphatic heterocycles. The largest absolute Gasteiger partial charge is 0.504 e. The number of methoxy groups -OCH3 is 1. The summed E-state index contributed by atoms with van der Waals surface area (Å²) >= 11 is 2.13. The fourth-order valence-corrected chi connectivity index (χ4v) is 2.14. The maximum absolute atomic E-state index is 12.1. The molecule has 0 bridgehead atoms. The van der Waals surface area contributed by atoms with Crippen LogP contribution in [0.1, 0.15) is 10.4 Å². The van der Waals surface area contributed by atoms with Crippen LogP contribution in [-0.4, -0.2) is 18.1 Å². The molecule has 2 aromatic carbocycles. The van der Waals surface area contributed by atoms with Gasteiger partial charge in [-0.15, -0.1) is 0 Å². The summed E-state index contributed by atoms with van der Waals surface area (Å²) in [6.07, 6.45) is 0. The number of ether oxygens (including phenoxy) is 1. The molecular weight excluding hydrogens is 357 g/mol. The van der Waals surface area contributed by atoms with Gasteiger partial charge in [-0.25, -0.2) is 0 Å². The molecule has 2 rings (SSSR count). The molecule has 0 radical (unpaired) electrons. The smallest absolute Gasteiger partial charge is 0.259 e. The first-order chi connectivity index (χ1) is 9.13. The molecule has 0 fully saturated rings. The highest BCUT2D eigenvalue weighted by molar-refractivity contribution is 14.1. The van der Waals surface area contributed by atoms with Gasteiger partial charge in [0.05, 0.1) is 18.4 Å². The van der Waals surface area contributed by atoms with Crippen molar-refractivity contribution < 1.29 is 14.6 Å². The highest BCUT2D eigenvalue weighted by atomic mass is 127. The zero-order valence-corrected chi connectivity index (χ0v) is 12.3. The zero-order chi connectivity index (χ0) is 13.8. The minimum atomic E-state index is -0.375. The fraction of sp³-hybridized carbons (Fsp3) is 0.0714. The van der Waals surface area contributed by atoms with E-state index in [-0.39, 0.29) is 23.0 Å². The van der Waals surface area contributed by atoms with Gasteiger partial charge in [0.1, 0.15) is 0 Å². The van der Waals surface area contributed by atoms with E-state index < -0.39 is 0 Å². The second-order valence-electron chi connectivity index (χ2n) is 3.79. The summed E-state index contributed by atoms with van der Waals surface area (Å²) in [4.78, 5) is 12.1. The summed E-state index contributed by atoms with van der Waals surface area (Å²) in [5.74, 6) is -0.260. The van der Waals surface area contributed by atoms with E-state index >= 15 is 0 Å². The van der Waals surface area contributed by atoms with Crippen molar-refractivity contribution >= 4 is 34.2 Å². The summed E-state index contributed by atoms with van der Waals surface area (Å²) in [7, 11) is 1.44. The van der Waals surface area contributed by atoms with Crippen molar-refractivity contribution in [1.29, 1.82) is 0 Å². The van der Waals surface area contributed by atoms with Crippen LogP contribution in [0.4, 0.5) is 5.69 Å². The van der Waals surface area contributed by atoms with E-state index in [2.05, 4.69) is 27.9 Å². The van der Waals surface area contributed by atoms with Gasteiger partial charge in [0, 0.05) is 3.57 Å². The van der Waals surface area contributed by atoms with Crippen LogP contribution in [0.15, 0.2) is 42.5 Å². The number of halogens is 1. The molecule has 2 N–H and O–H groups in total. The van der Waals surface area contributed by atoms with E-state index in [1.165, 1.54) is 7.11 Å². The van der Waals surface area contributed by atoms with E-state index in [0.29, 0.717) is 5.69 Å². The third kappa shape index (κ3) is 2.98. The number of aromatic hydroxyl groups is 1. The highest BCUT2D eigenvalue weighted by Crippen LogP contribution is 2.30. The van der Waals surface area contributed by atoms with Crippen LogP contribution >= 0.6 is 22.6 Å². The van der Waals surface area contributed by atoms with Crippen molar-refractivity contribution in [2.45, 2.75) is 0 Å². The molecule has 0 saturated carbocycles. The van der Waals surface area contributed by atoms with Crippen LogP contribution in [0.25, 0.3) is 0 Å². The SMILES string of the molecule is COc1cccc(C(=O)Nc2ccccc2I)c1O. The van der Waals surface area contributed by atoms with Gasteiger partial charge < -0.3 is 15.2 Å². The predicted molar refractivity (Wildman–Crippen MR) is 81.8 cm³/mol. The number of benzene rings is 2. The van der Waals surface area contributed by atoms with Crippen molar-refractivity contribution in [3.8, 4) is 11.5 Å². The molecule has 2 aromatic rings. The summed E-state index contributed by atoms with van der Waals surface area (Å²) in [5, 5.41) is 12.7. The number of hydrogen-bond donors (Lipinski definition) is 2. The quantitative estimate of drug-likeness (QED) is 0.817. The van der Waals surface area contributed by atoms with Gasteiger partial charge in [-0.1, -0.05) is 18.2 Å². The minimum absolute atomic E-state index is 0.159. The number of carbonyl (C=O) groups is 1. The monoisotopic (exact) mass is 369 g/mol. The number of rotatable bonds is 3. The average molecular weight is 369 g/mol. The second-order valence-corrected chi connectivity index (χ2v) is 4.95. The standard InChI is InChI=1S/C14H12INO3/c1-19-12-8-4-5-9(13(12)17)14(18)16-11-7-3-2-6-10(11)15/h2-8,17H,1H3,(H,16,18). The number of nitrogens with one attached hydrogen (secondary N) is 1. The average Bonchev–Trinajstić information content (AvgIpc) is 2.41. The van der Waals surface area contributed by atoms with Gasteiger partial charge >= 0.3 is 0 Å². The molecule has 0 heterocycles. The van der Waals surface area contributed by atoms with E-state index in [9.17, 15) is 9.90 Å². The van der Waals surface area contributed by atoms with E-state index in [1.54, 1.807) is 24.3 Å². The van der Waals surface area contributed by atoms with Crippen molar-refractivity contribution in [3.05, 3.63) is 51.6 Å². The van der Waals surface area contributed by atoms with Gasteiger partial charge in [-0.3, -0.25) is 4.79 Å². The van der Waals surface area contributed by atoms with Crippen molar-refractivity contribution in [2.24, 2.45) is 0 Å². The Morgan fingerprint density at radius 3 is 2.63 bits per heavy atom. The number of anilines is 1. The molecular formula is C14H12INO3. The molecule has 0 aliphatic rings. The molecule has 5 heteroatoms. The first-order valence-electron chi connectivity index (χ1n) is 5.55. The Kier molecular flexibility index (Phi) is 4.26. The van der Waals surface area contributed by atoms with Gasteiger partial charge in [-0.05, 0) is 46.9 Å². The van der Waals surface area contributed by atoms with Crippen molar-refractivity contribution in [1.82, 2.24) is 0 Å². The molecule has 4 nitrogen and oxygen atoms in total. The highest BCUT2D eigenvalue weighted by Gasteiger charge is 2.15. The number of hydrogen-bond acceptors (Lipinski definition) is 3. The molecule has 1 amide bonds. The fourth-order valence-electron chi connectivity index (χ4n) is 1.62. The van der Waals surface area contributed by atoms with Gasteiger partial charge in [0.2, 0.25) is 0 Å². The van der Waals surface area contributed by atoms with Crippen molar-refractivity contribution in [2.75, 3.05) is 12.4 Å². The van der Waals surface area contributed by atoms with Gasteiger partial charge in [0.25, 0.3) is 5.91 Å². The Balaban J connectivity index is 2.28. The third-order valence-corrected chi connectivity index (χ3v) is 3.53. The number of carbonyl (C=O) groups excluding carboxylic acids is 1. The van der Waals surface area contributed by atoms with Gasteiger partial charge in [-0.2, -0.15) is 0 Å². The molecule has 0 spiro atoms. The minimum Gasteiger partial charge on any atom is -0.504 e. The summed E-state index contributed by atoms with van der Waals surface area (Å²) < 4.78 is 5.90. The number of phenols is 1. The van der Waals surface area contributed by atoms with Crippen LogP contribution in [-0.2, 0) is 0 Å².